The van der Waals surface area contributed by atoms with E-state index in [4.69, 9.17) is 9.47 Å². The van der Waals surface area contributed by atoms with Crippen molar-refractivity contribution in [3.05, 3.63) is 36.0 Å². The molecule has 2 aliphatic rings. The van der Waals surface area contributed by atoms with Gasteiger partial charge in [0.1, 0.15) is 11.6 Å². The Bertz CT molecular complexity index is 992. The zero-order valence-corrected chi connectivity index (χ0v) is 19.0. The molecular formula is C24H32N4O5. The maximum Gasteiger partial charge on any atom is 0.328 e. The van der Waals surface area contributed by atoms with Gasteiger partial charge in [0.25, 0.3) is 0 Å². The zero-order valence-electron chi connectivity index (χ0n) is 19.0. The van der Waals surface area contributed by atoms with Crippen LogP contribution in [0.15, 0.2) is 30.5 Å². The number of carbonyl (C=O) groups is 3. The molecule has 1 saturated carbocycles. The quantitative estimate of drug-likeness (QED) is 0.577. The molecular weight excluding hydrogens is 424 g/mol. The number of ether oxygens (including phenoxy) is 2. The van der Waals surface area contributed by atoms with E-state index in [0.29, 0.717) is 39.1 Å². The normalized spacial score (nSPS) is 19.0. The van der Waals surface area contributed by atoms with E-state index in [2.05, 4.69) is 15.6 Å². The summed E-state index contributed by atoms with van der Waals surface area (Å²) < 4.78 is 10.3. The number of fused-ring (bicyclic) bond motifs is 1. The lowest BCUT2D eigenvalue weighted by Gasteiger charge is -2.39. The van der Waals surface area contributed by atoms with Gasteiger partial charge in [-0.15, -0.1) is 0 Å². The highest BCUT2D eigenvalue weighted by molar-refractivity contribution is 5.94. The van der Waals surface area contributed by atoms with E-state index in [9.17, 15) is 14.4 Å². The van der Waals surface area contributed by atoms with E-state index in [0.717, 1.165) is 35.7 Å². The molecule has 33 heavy (non-hydrogen) atoms. The van der Waals surface area contributed by atoms with E-state index >= 15 is 0 Å². The number of nitrogens with one attached hydrogen (secondary N) is 3. The summed E-state index contributed by atoms with van der Waals surface area (Å²) in [6.45, 7) is 1.97. The van der Waals surface area contributed by atoms with Crippen molar-refractivity contribution in [2.45, 2.75) is 50.1 Å². The number of rotatable bonds is 6. The third kappa shape index (κ3) is 5.13. The van der Waals surface area contributed by atoms with Crippen LogP contribution in [0.3, 0.4) is 0 Å². The Labute approximate surface area is 193 Å². The molecule has 3 amide bonds. The standard InChI is InChI=1S/C24H32N4O5/c1-32-21(29)20(15-17-16-25-19-8-4-3-7-18(17)19)26-22(30)24(9-5-2-6-10-24)27-23(31)28-11-13-33-14-12-28/h3-4,7-8,16,20,25H,2,5-6,9-15H2,1H3,(H,26,30)(H,27,31)/t20-/m0/s1. The van der Waals surface area contributed by atoms with E-state index in [1.165, 1.54) is 7.11 Å². The van der Waals surface area contributed by atoms with E-state index < -0.39 is 17.6 Å². The molecule has 1 aromatic carbocycles. The predicted molar refractivity (Wildman–Crippen MR) is 123 cm³/mol. The average molecular weight is 457 g/mol. The number of aromatic amines is 1. The van der Waals surface area contributed by atoms with Crippen LogP contribution in [0.1, 0.15) is 37.7 Å². The van der Waals surface area contributed by atoms with Gasteiger partial charge in [-0.05, 0) is 24.5 Å². The molecule has 4 rings (SSSR count). The van der Waals surface area contributed by atoms with Gasteiger partial charge in [0.2, 0.25) is 5.91 Å². The summed E-state index contributed by atoms with van der Waals surface area (Å²) >= 11 is 0. The van der Waals surface area contributed by atoms with Crippen LogP contribution in [-0.2, 0) is 25.5 Å². The Balaban J connectivity index is 1.52. The number of para-hydroxylation sites is 1. The number of morpholine rings is 1. The fraction of sp³-hybridized carbons (Fsp3) is 0.542. The van der Waals surface area contributed by atoms with Crippen molar-refractivity contribution in [2.75, 3.05) is 33.4 Å². The molecule has 2 fully saturated rings. The first kappa shape index (κ1) is 23.1. The van der Waals surface area contributed by atoms with Gasteiger partial charge in [-0.3, -0.25) is 4.79 Å². The summed E-state index contributed by atoms with van der Waals surface area (Å²) in [5, 5.41) is 6.91. The second-order valence-corrected chi connectivity index (χ2v) is 8.79. The van der Waals surface area contributed by atoms with Crippen molar-refractivity contribution in [2.24, 2.45) is 0 Å². The smallest absolute Gasteiger partial charge is 0.328 e. The number of esters is 1. The van der Waals surface area contributed by atoms with Crippen LogP contribution in [0.2, 0.25) is 0 Å². The molecule has 0 bridgehead atoms. The number of benzene rings is 1. The summed E-state index contributed by atoms with van der Waals surface area (Å²) in [6, 6.07) is 6.68. The SMILES string of the molecule is COC(=O)[C@H](Cc1c[nH]c2ccccc12)NC(=O)C1(NC(=O)N2CCOCC2)CCCCC1. The summed E-state index contributed by atoms with van der Waals surface area (Å²) in [6.07, 6.45) is 5.90. The van der Waals surface area contributed by atoms with E-state index in [1.807, 2.05) is 30.5 Å². The lowest BCUT2D eigenvalue weighted by molar-refractivity contribution is -0.146. The predicted octanol–water partition coefficient (Wildman–Crippen LogP) is 2.11. The molecule has 2 heterocycles. The van der Waals surface area contributed by atoms with Crippen LogP contribution in [0, 0.1) is 0 Å². The van der Waals surface area contributed by atoms with Gasteiger partial charge in [-0.1, -0.05) is 37.5 Å². The van der Waals surface area contributed by atoms with Gasteiger partial charge in [0.15, 0.2) is 0 Å². The fourth-order valence-corrected chi connectivity index (χ4v) is 4.77. The number of carbonyl (C=O) groups excluding carboxylic acids is 3. The second-order valence-electron chi connectivity index (χ2n) is 8.79. The molecule has 0 spiro atoms. The Morgan fingerprint density at radius 2 is 1.88 bits per heavy atom. The van der Waals surface area contributed by atoms with Crippen LogP contribution in [-0.4, -0.2) is 72.8 Å². The van der Waals surface area contributed by atoms with Gasteiger partial charge in [-0.25, -0.2) is 9.59 Å². The van der Waals surface area contributed by atoms with Gasteiger partial charge in [0, 0.05) is 36.6 Å². The molecule has 1 aromatic heterocycles. The fourth-order valence-electron chi connectivity index (χ4n) is 4.77. The van der Waals surface area contributed by atoms with Crippen molar-refractivity contribution in [1.29, 1.82) is 0 Å². The topological polar surface area (TPSA) is 113 Å². The lowest BCUT2D eigenvalue weighted by Crippen LogP contribution is -2.64. The zero-order chi connectivity index (χ0) is 23.3. The number of hydrogen-bond donors (Lipinski definition) is 3. The Morgan fingerprint density at radius 3 is 2.61 bits per heavy atom. The van der Waals surface area contributed by atoms with Gasteiger partial charge in [0.05, 0.1) is 20.3 Å². The highest BCUT2D eigenvalue weighted by Gasteiger charge is 2.43. The lowest BCUT2D eigenvalue weighted by atomic mass is 9.80. The van der Waals surface area contributed by atoms with Crippen LogP contribution >= 0.6 is 0 Å². The molecule has 9 nitrogen and oxygen atoms in total. The van der Waals surface area contributed by atoms with E-state index in [1.54, 1.807) is 4.90 Å². The minimum atomic E-state index is -1.04. The Morgan fingerprint density at radius 1 is 1.15 bits per heavy atom. The van der Waals surface area contributed by atoms with Crippen LogP contribution in [0.5, 0.6) is 0 Å². The second kappa shape index (κ2) is 10.2. The largest absolute Gasteiger partial charge is 0.467 e. The number of amides is 3. The minimum absolute atomic E-state index is 0.262. The number of urea groups is 1. The summed E-state index contributed by atoms with van der Waals surface area (Å²) in [5.41, 5.74) is 0.834. The molecule has 178 valence electrons. The number of H-pyrrole nitrogens is 1. The number of hydrogen-bond acceptors (Lipinski definition) is 5. The molecule has 1 aliphatic carbocycles. The van der Waals surface area contributed by atoms with Crippen molar-refractivity contribution in [3.63, 3.8) is 0 Å². The number of aromatic nitrogens is 1. The number of methoxy groups -OCH3 is 1. The Hall–Kier alpha value is -3.07. The van der Waals surface area contributed by atoms with Crippen LogP contribution in [0.25, 0.3) is 10.9 Å². The third-order valence-electron chi connectivity index (χ3n) is 6.68. The van der Waals surface area contributed by atoms with Crippen molar-refractivity contribution < 1.29 is 23.9 Å². The average Bonchev–Trinajstić information content (AvgIpc) is 3.27. The van der Waals surface area contributed by atoms with Gasteiger partial charge < -0.3 is 30.0 Å². The first-order chi connectivity index (χ1) is 16.0. The maximum absolute atomic E-state index is 13.6. The first-order valence-corrected chi connectivity index (χ1v) is 11.6. The highest BCUT2D eigenvalue weighted by atomic mass is 16.5. The first-order valence-electron chi connectivity index (χ1n) is 11.6. The van der Waals surface area contributed by atoms with Crippen LogP contribution in [0.4, 0.5) is 4.79 Å². The third-order valence-corrected chi connectivity index (χ3v) is 6.68. The molecule has 1 atom stereocenters. The molecule has 2 aromatic rings. The molecule has 9 heteroatoms. The Kier molecular flexibility index (Phi) is 7.17. The molecule has 1 saturated heterocycles. The molecule has 0 radical (unpaired) electrons. The molecule has 1 aliphatic heterocycles. The minimum Gasteiger partial charge on any atom is -0.467 e. The maximum atomic E-state index is 13.6. The number of nitrogens with zero attached hydrogens (tertiary/aromatic N) is 1. The molecule has 0 unspecified atom stereocenters. The van der Waals surface area contributed by atoms with Crippen molar-refractivity contribution in [1.82, 2.24) is 20.5 Å². The highest BCUT2D eigenvalue weighted by Crippen LogP contribution is 2.29. The van der Waals surface area contributed by atoms with Gasteiger partial charge >= 0.3 is 12.0 Å². The van der Waals surface area contributed by atoms with Crippen molar-refractivity contribution in [3.8, 4) is 0 Å². The van der Waals surface area contributed by atoms with Crippen LogP contribution < -0.4 is 10.6 Å². The summed E-state index contributed by atoms with van der Waals surface area (Å²) in [5.74, 6) is -0.849. The summed E-state index contributed by atoms with van der Waals surface area (Å²) in [4.78, 5) is 44.0. The van der Waals surface area contributed by atoms with E-state index in [-0.39, 0.29) is 18.4 Å². The monoisotopic (exact) mass is 456 g/mol. The van der Waals surface area contributed by atoms with Gasteiger partial charge in [-0.2, -0.15) is 0 Å². The summed E-state index contributed by atoms with van der Waals surface area (Å²) in [7, 11) is 1.31. The molecule has 3 N–H and O–H groups in total. The van der Waals surface area contributed by atoms with Crippen molar-refractivity contribution >= 4 is 28.8 Å².